The third-order valence-electron chi connectivity index (χ3n) is 6.49. The first-order chi connectivity index (χ1) is 15.5. The Bertz CT molecular complexity index is 1110. The lowest BCUT2D eigenvalue weighted by molar-refractivity contribution is -0.125. The van der Waals surface area contributed by atoms with Crippen LogP contribution in [0.2, 0.25) is 5.02 Å². The van der Waals surface area contributed by atoms with Gasteiger partial charge in [-0.15, -0.1) is 0 Å². The monoisotopic (exact) mass is 450 g/mol. The molecule has 2 aliphatic rings. The van der Waals surface area contributed by atoms with E-state index < -0.39 is 5.54 Å². The van der Waals surface area contributed by atoms with Gasteiger partial charge in [0.15, 0.2) is 0 Å². The van der Waals surface area contributed by atoms with Gasteiger partial charge >= 0.3 is 0 Å². The fourth-order valence-corrected chi connectivity index (χ4v) is 4.83. The highest BCUT2D eigenvalue weighted by molar-refractivity contribution is 6.30. The summed E-state index contributed by atoms with van der Waals surface area (Å²) in [6.07, 6.45) is 1.43. The van der Waals surface area contributed by atoms with Crippen LogP contribution in [0.15, 0.2) is 66.7 Å². The van der Waals surface area contributed by atoms with Gasteiger partial charge in [0.05, 0.1) is 18.1 Å². The molecule has 2 fully saturated rings. The Labute approximate surface area is 191 Å². The molecule has 164 valence electrons. The summed E-state index contributed by atoms with van der Waals surface area (Å²) in [7, 11) is 0. The lowest BCUT2D eigenvalue weighted by atomic mass is 9.85. The van der Waals surface area contributed by atoms with Gasteiger partial charge in [0.2, 0.25) is 5.91 Å². The quantitative estimate of drug-likeness (QED) is 0.637. The molecule has 5 nitrogen and oxygen atoms in total. The van der Waals surface area contributed by atoms with Crippen molar-refractivity contribution >= 4 is 23.2 Å². The zero-order valence-electron chi connectivity index (χ0n) is 17.6. The fraction of sp³-hybridized carbons (Fsp3) is 0.280. The van der Waals surface area contributed by atoms with Crippen molar-refractivity contribution in [3.63, 3.8) is 0 Å². The largest absolute Gasteiger partial charge is 0.339 e. The maximum Gasteiger partial charge on any atom is 0.247 e. The zero-order chi connectivity index (χ0) is 22.1. The van der Waals surface area contributed by atoms with Crippen LogP contribution in [0.4, 0.5) is 10.1 Å². The first-order valence-corrected chi connectivity index (χ1v) is 11.2. The Kier molecular flexibility index (Phi) is 5.57. The summed E-state index contributed by atoms with van der Waals surface area (Å²) >= 11 is 6.00. The first-order valence-electron chi connectivity index (χ1n) is 10.8. The standard InChI is InChI=1S/C25H24ClFN4O/c26-19-6-4-18(5-7-19)23-3-1-2-21(29-23)16-30-14-12-25(13-15-30)24(32)28-17-31(25)22-10-8-20(27)9-11-22/h1-11H,12-17H2,(H,28,32). The molecule has 2 saturated heterocycles. The van der Waals surface area contributed by atoms with Crippen molar-refractivity contribution in [1.82, 2.24) is 15.2 Å². The van der Waals surface area contributed by atoms with Gasteiger partial charge in [-0.25, -0.2) is 4.39 Å². The van der Waals surface area contributed by atoms with Crippen LogP contribution >= 0.6 is 11.6 Å². The van der Waals surface area contributed by atoms with Crippen LogP contribution in [-0.2, 0) is 11.3 Å². The van der Waals surface area contributed by atoms with E-state index in [9.17, 15) is 9.18 Å². The molecular weight excluding hydrogens is 427 g/mol. The van der Waals surface area contributed by atoms with E-state index in [0.29, 0.717) is 24.5 Å². The van der Waals surface area contributed by atoms with Gasteiger partial charge in [0.1, 0.15) is 11.4 Å². The summed E-state index contributed by atoms with van der Waals surface area (Å²) in [5.74, 6) is -0.214. The summed E-state index contributed by atoms with van der Waals surface area (Å²) < 4.78 is 13.4. The average molecular weight is 451 g/mol. The van der Waals surface area contributed by atoms with Crippen molar-refractivity contribution in [2.45, 2.75) is 24.9 Å². The second-order valence-electron chi connectivity index (χ2n) is 8.40. The number of likely N-dealkylation sites (tertiary alicyclic amines) is 1. The molecule has 0 atom stereocenters. The minimum Gasteiger partial charge on any atom is -0.339 e. The molecule has 1 amide bonds. The van der Waals surface area contributed by atoms with Crippen LogP contribution in [-0.4, -0.2) is 41.1 Å². The smallest absolute Gasteiger partial charge is 0.247 e. The Morgan fingerprint density at radius 2 is 1.72 bits per heavy atom. The molecular formula is C25H24ClFN4O. The minimum atomic E-state index is -0.576. The van der Waals surface area contributed by atoms with Crippen molar-refractivity contribution in [1.29, 1.82) is 0 Å². The molecule has 0 bridgehead atoms. The number of rotatable bonds is 4. The summed E-state index contributed by atoms with van der Waals surface area (Å²) in [5, 5.41) is 3.70. The van der Waals surface area contributed by atoms with Gasteiger partial charge in [0, 0.05) is 35.9 Å². The van der Waals surface area contributed by atoms with E-state index in [-0.39, 0.29) is 11.7 Å². The normalized spacial score (nSPS) is 18.2. The fourth-order valence-electron chi connectivity index (χ4n) is 4.70. The highest BCUT2D eigenvalue weighted by atomic mass is 35.5. The second-order valence-corrected chi connectivity index (χ2v) is 8.83. The number of carbonyl (C=O) groups excluding carboxylic acids is 1. The van der Waals surface area contributed by atoms with Gasteiger partial charge in [-0.2, -0.15) is 0 Å². The van der Waals surface area contributed by atoms with Gasteiger partial charge in [-0.1, -0.05) is 29.8 Å². The third kappa shape index (κ3) is 3.96. The van der Waals surface area contributed by atoms with E-state index in [2.05, 4.69) is 15.1 Å². The van der Waals surface area contributed by atoms with Gasteiger partial charge in [-0.3, -0.25) is 14.7 Å². The van der Waals surface area contributed by atoms with Crippen LogP contribution in [0.25, 0.3) is 11.3 Å². The Hall–Kier alpha value is -2.96. The van der Waals surface area contributed by atoms with Gasteiger partial charge < -0.3 is 10.2 Å². The number of carbonyl (C=O) groups is 1. The molecule has 5 rings (SSSR count). The van der Waals surface area contributed by atoms with Crippen LogP contribution in [0.1, 0.15) is 18.5 Å². The van der Waals surface area contributed by atoms with Crippen LogP contribution in [0.5, 0.6) is 0 Å². The Morgan fingerprint density at radius 1 is 1.00 bits per heavy atom. The number of halogens is 2. The predicted octanol–water partition coefficient (Wildman–Crippen LogP) is 4.47. The number of hydrogen-bond donors (Lipinski definition) is 1. The molecule has 0 radical (unpaired) electrons. The van der Waals surface area contributed by atoms with Crippen LogP contribution in [0, 0.1) is 5.82 Å². The maximum atomic E-state index is 13.4. The molecule has 1 aromatic heterocycles. The molecule has 32 heavy (non-hydrogen) atoms. The molecule has 2 aromatic carbocycles. The third-order valence-corrected chi connectivity index (χ3v) is 6.74. The molecule has 0 aliphatic carbocycles. The average Bonchev–Trinajstić information content (AvgIpc) is 3.12. The molecule has 0 saturated carbocycles. The van der Waals surface area contributed by atoms with E-state index in [1.807, 2.05) is 42.5 Å². The van der Waals surface area contributed by atoms with E-state index in [1.165, 1.54) is 12.1 Å². The van der Waals surface area contributed by atoms with Crippen molar-refractivity contribution < 1.29 is 9.18 Å². The number of nitrogens with one attached hydrogen (secondary N) is 1. The SMILES string of the molecule is O=C1NCN(c2ccc(F)cc2)C12CCN(Cc1cccc(-c3ccc(Cl)cc3)n1)CC2. The molecule has 3 aromatic rings. The first kappa shape index (κ1) is 20.9. The Morgan fingerprint density at radius 3 is 2.44 bits per heavy atom. The predicted molar refractivity (Wildman–Crippen MR) is 124 cm³/mol. The number of aromatic nitrogens is 1. The van der Waals surface area contributed by atoms with E-state index >= 15 is 0 Å². The lowest BCUT2D eigenvalue weighted by Gasteiger charge is -2.43. The maximum absolute atomic E-state index is 13.4. The number of piperidine rings is 1. The highest BCUT2D eigenvalue weighted by Gasteiger charge is 2.50. The van der Waals surface area contributed by atoms with Crippen molar-refractivity contribution in [2.75, 3.05) is 24.7 Å². The topological polar surface area (TPSA) is 48.5 Å². The minimum absolute atomic E-state index is 0.0596. The summed E-state index contributed by atoms with van der Waals surface area (Å²) in [5.41, 5.74) is 3.25. The number of anilines is 1. The lowest BCUT2D eigenvalue weighted by Crippen LogP contribution is -2.56. The summed E-state index contributed by atoms with van der Waals surface area (Å²) in [4.78, 5) is 22.1. The van der Waals surface area contributed by atoms with Gasteiger partial charge in [-0.05, 0) is 61.4 Å². The molecule has 3 heterocycles. The highest BCUT2D eigenvalue weighted by Crippen LogP contribution is 2.36. The van der Waals surface area contributed by atoms with E-state index in [4.69, 9.17) is 16.6 Å². The molecule has 1 spiro atoms. The zero-order valence-corrected chi connectivity index (χ0v) is 18.4. The van der Waals surface area contributed by atoms with Crippen molar-refractivity contribution in [3.05, 3.63) is 83.3 Å². The number of amides is 1. The number of nitrogens with zero attached hydrogens (tertiary/aromatic N) is 3. The van der Waals surface area contributed by atoms with Crippen LogP contribution in [0.3, 0.4) is 0 Å². The number of benzene rings is 2. The summed E-state index contributed by atoms with van der Waals surface area (Å²) in [6.45, 7) is 2.76. The van der Waals surface area contributed by atoms with Crippen molar-refractivity contribution in [2.24, 2.45) is 0 Å². The Balaban J connectivity index is 1.28. The molecule has 0 unspecified atom stereocenters. The van der Waals surface area contributed by atoms with Crippen molar-refractivity contribution in [3.8, 4) is 11.3 Å². The molecule has 2 aliphatic heterocycles. The number of pyridine rings is 1. The van der Waals surface area contributed by atoms with E-state index in [1.54, 1.807) is 12.1 Å². The molecule has 1 N–H and O–H groups in total. The van der Waals surface area contributed by atoms with Gasteiger partial charge in [0.25, 0.3) is 0 Å². The van der Waals surface area contributed by atoms with E-state index in [0.717, 1.165) is 42.3 Å². The molecule has 7 heteroatoms. The number of hydrogen-bond acceptors (Lipinski definition) is 4. The summed E-state index contributed by atoms with van der Waals surface area (Å²) in [6, 6.07) is 20.1. The second kappa shape index (κ2) is 8.52. The van der Waals surface area contributed by atoms with Crippen LogP contribution < -0.4 is 10.2 Å².